The van der Waals surface area contributed by atoms with E-state index in [0.717, 1.165) is 16.7 Å². The van der Waals surface area contributed by atoms with Crippen LogP contribution in [-0.4, -0.2) is 19.6 Å². The van der Waals surface area contributed by atoms with Gasteiger partial charge >= 0.3 is 0 Å². The van der Waals surface area contributed by atoms with Crippen molar-refractivity contribution >= 4 is 11.0 Å². The van der Waals surface area contributed by atoms with Crippen LogP contribution in [0.15, 0.2) is 128 Å². The number of phenols is 1. The van der Waals surface area contributed by atoms with E-state index in [4.69, 9.17) is 44.7 Å². The molecule has 0 unspecified atom stereocenters. The maximum atomic E-state index is 13.2. The molecule has 2 heterocycles. The van der Waals surface area contributed by atoms with E-state index < -0.39 is 141 Å². The Morgan fingerprint density at radius 3 is 1.80 bits per heavy atom. The monoisotopic (exact) mass is 946 g/mol. The van der Waals surface area contributed by atoms with Crippen LogP contribution in [0.3, 0.4) is 0 Å². The Morgan fingerprint density at radius 2 is 1.16 bits per heavy atom. The Bertz CT molecular complexity index is 4310. The van der Waals surface area contributed by atoms with Crippen molar-refractivity contribution in [2.45, 2.75) is 150 Å². The maximum Gasteiger partial charge on any atom is 0.149 e. The van der Waals surface area contributed by atoms with Gasteiger partial charge in [0.1, 0.15) is 11.6 Å². The first-order chi connectivity index (χ1) is 45.2. The zero-order chi connectivity index (χ0) is 77.0. The Balaban J connectivity index is 1.57. The number of benzene rings is 6. The smallest absolute Gasteiger partial charge is 0.149 e. The molecule has 8 aromatic rings. The molecule has 356 valence electrons. The lowest BCUT2D eigenvalue weighted by molar-refractivity contribution is 0.446. The molecule has 69 heavy (non-hydrogen) atoms. The number of para-hydroxylation sites is 1. The lowest BCUT2D eigenvalue weighted by atomic mass is 9.79. The number of fused-ring (bicyclic) bond motifs is 1. The summed E-state index contributed by atoms with van der Waals surface area (Å²) in [5, 5.41) is 13.2. The minimum Gasteiger partial charge on any atom is -0.507 e. The molecule has 1 N–H and O–H groups in total. The molecule has 0 atom stereocenters. The third-order valence-electron chi connectivity index (χ3n) is 12.3. The topological polar surface area (TPSA) is 50.9 Å². The lowest BCUT2D eigenvalue weighted by Gasteiger charge is -2.27. The Morgan fingerprint density at radius 1 is 0.536 bits per heavy atom. The second-order valence-corrected chi connectivity index (χ2v) is 19.2. The van der Waals surface area contributed by atoms with Crippen molar-refractivity contribution in [2.24, 2.45) is 0 Å². The van der Waals surface area contributed by atoms with Crippen LogP contribution in [0.4, 0.5) is 0 Å². The lowest BCUT2D eigenvalue weighted by Crippen LogP contribution is -2.17. The standard InChI is InChI=1S/C65H75N3O/c1-39(2)45-30-46(40(3)4)32-47(31-45)43-23-26-57(41(5)29-43)68-58-20-18-19-53(59(58)67-61(68)54-37-52(64(12,13)14)38-55(60(54)69)65(15,16)17)48-33-49(35-51(34-48)63(9,10)11)56-36-44(27-28-66-56)42-21-24-50(25-22-42)62(6,7)8/h18-40,69H,1-17H3/i5D3,6D3,7D3,8D3,12D3,13D3,14D3,15D3,16D3,17D3,39D,40D. The van der Waals surface area contributed by atoms with Gasteiger partial charge in [-0.1, -0.05) is 183 Å². The predicted octanol–water partition coefficient (Wildman–Crippen LogP) is 18.2. The third kappa shape index (κ3) is 9.96. The van der Waals surface area contributed by atoms with Crippen molar-refractivity contribution in [3.8, 4) is 67.5 Å². The van der Waals surface area contributed by atoms with Crippen LogP contribution in [0.25, 0.3) is 72.7 Å². The second-order valence-electron chi connectivity index (χ2n) is 19.2. The number of hydrogen-bond acceptors (Lipinski definition) is 3. The van der Waals surface area contributed by atoms with Crippen LogP contribution in [0.1, 0.15) is 205 Å². The van der Waals surface area contributed by atoms with Crippen molar-refractivity contribution in [1.82, 2.24) is 14.5 Å². The van der Waals surface area contributed by atoms with Gasteiger partial charge in [-0.05, 0) is 150 Å². The highest BCUT2D eigenvalue weighted by Crippen LogP contribution is 2.46. The summed E-state index contributed by atoms with van der Waals surface area (Å²) < 4.78 is 280. The normalized spacial score (nSPS) is 21.7. The van der Waals surface area contributed by atoms with Crippen molar-refractivity contribution in [3.05, 3.63) is 166 Å². The van der Waals surface area contributed by atoms with Crippen LogP contribution >= 0.6 is 0 Å². The Hall–Kier alpha value is -6.26. The molecule has 6 aromatic carbocycles. The fourth-order valence-electron chi connectivity index (χ4n) is 8.39. The van der Waals surface area contributed by atoms with Gasteiger partial charge < -0.3 is 5.11 Å². The van der Waals surface area contributed by atoms with Gasteiger partial charge in [0.2, 0.25) is 0 Å². The summed E-state index contributed by atoms with van der Waals surface area (Å²) >= 11 is 0. The van der Waals surface area contributed by atoms with Gasteiger partial charge in [-0.2, -0.15) is 0 Å². The van der Waals surface area contributed by atoms with Crippen LogP contribution in [0.5, 0.6) is 5.75 Å². The number of imidazole rings is 1. The van der Waals surface area contributed by atoms with E-state index in [0.29, 0.717) is 50.6 Å². The third-order valence-corrected chi connectivity index (χ3v) is 12.3. The van der Waals surface area contributed by atoms with Gasteiger partial charge in [-0.25, -0.2) is 4.98 Å². The van der Waals surface area contributed by atoms with Gasteiger partial charge in [-0.3, -0.25) is 9.55 Å². The quantitative estimate of drug-likeness (QED) is 0.165. The highest BCUT2D eigenvalue weighted by Gasteiger charge is 2.29. The van der Waals surface area contributed by atoms with E-state index in [9.17, 15) is 9.22 Å². The summed E-state index contributed by atoms with van der Waals surface area (Å²) in [4.78, 5) is 9.71. The van der Waals surface area contributed by atoms with Crippen LogP contribution in [-0.2, 0) is 21.7 Å². The molecule has 0 aliphatic rings. The molecule has 0 aliphatic carbocycles. The number of nitrogens with zero attached hydrogens (tertiary/aromatic N) is 3. The van der Waals surface area contributed by atoms with E-state index in [1.54, 1.807) is 76.2 Å². The highest BCUT2D eigenvalue weighted by atomic mass is 16.3. The number of pyridine rings is 1. The van der Waals surface area contributed by atoms with Gasteiger partial charge in [0.25, 0.3) is 0 Å². The van der Waals surface area contributed by atoms with Crippen molar-refractivity contribution in [2.75, 3.05) is 0 Å². The first-order valence-corrected chi connectivity index (χ1v) is 22.2. The second kappa shape index (κ2) is 17.9. The zero-order valence-corrected chi connectivity index (χ0v) is 39.4. The molecule has 2 aromatic heterocycles. The summed E-state index contributed by atoms with van der Waals surface area (Å²) in [6.45, 7) is -27.2. The van der Waals surface area contributed by atoms with Gasteiger partial charge in [0.05, 0.1) is 28.0 Å². The number of aromatic hydroxyl groups is 1. The van der Waals surface area contributed by atoms with Crippen molar-refractivity contribution < 1.29 is 49.0 Å². The van der Waals surface area contributed by atoms with Crippen LogP contribution < -0.4 is 0 Å². The molecule has 0 amide bonds. The predicted molar refractivity (Wildman–Crippen MR) is 295 cm³/mol. The molecule has 0 aliphatic heterocycles. The minimum absolute atomic E-state index is 0.105. The van der Waals surface area contributed by atoms with Crippen molar-refractivity contribution in [3.63, 3.8) is 0 Å². The minimum atomic E-state index is -4.34. The molecular weight excluding hydrogens is 839 g/mol. The van der Waals surface area contributed by atoms with Crippen molar-refractivity contribution in [1.29, 1.82) is 0 Å². The number of phenolic OH excluding ortho intramolecular Hbond substituents is 1. The van der Waals surface area contributed by atoms with E-state index in [1.807, 2.05) is 26.8 Å². The van der Waals surface area contributed by atoms with Gasteiger partial charge in [-0.15, -0.1) is 0 Å². The average Bonchev–Trinajstić information content (AvgIpc) is 1.26. The highest BCUT2D eigenvalue weighted by molar-refractivity contribution is 5.97. The van der Waals surface area contributed by atoms with E-state index in [1.165, 1.54) is 48.7 Å². The molecule has 0 saturated heterocycles. The number of aromatic nitrogens is 3. The molecule has 4 heteroatoms. The number of aryl methyl sites for hydroxylation is 1. The molecule has 8 rings (SSSR count). The molecule has 0 fully saturated rings. The SMILES string of the molecule is [2H]C([2H])([2H])c1cc(-c2cc(C([2H])(C)C)cc(C([2H])(C)C)c2)ccc1-n1c(-c2cc(C(C([2H])([2H])[2H])(C([2H])([2H])[2H])C([2H])([2H])[2H])cc(C(C([2H])([2H])[2H])(C([2H])([2H])[2H])C([2H])([2H])[2H])c2O)nc2c(-c3cc(-c4cc(-c5ccc(C(C([2H])([2H])[2H])(C([2H])([2H])[2H])C([2H])([2H])[2H])cc5)ccn4)cc(C(C)(C)C)c3)cccc21. The summed E-state index contributed by atoms with van der Waals surface area (Å²) in [6, 6.07) is 27.6. The first kappa shape index (κ1) is 23.1. The van der Waals surface area contributed by atoms with Gasteiger partial charge in [0, 0.05) is 66.8 Å². The summed E-state index contributed by atoms with van der Waals surface area (Å²) in [5.41, 5.74) is -14.3. The first-order valence-electron chi connectivity index (χ1n) is 38.2. The molecule has 0 spiro atoms. The zero-order valence-electron chi connectivity index (χ0n) is 71.4. The van der Waals surface area contributed by atoms with Crippen LogP contribution in [0, 0.1) is 6.85 Å². The van der Waals surface area contributed by atoms with Crippen LogP contribution in [0.2, 0.25) is 0 Å². The molecule has 4 nitrogen and oxygen atoms in total. The fraction of sp³-hybridized carbons (Fsp3) is 0.354. The van der Waals surface area contributed by atoms with E-state index >= 15 is 0 Å². The van der Waals surface area contributed by atoms with Gasteiger partial charge in [0.15, 0.2) is 0 Å². The Kier molecular flexibility index (Phi) is 6.00. The Labute approximate surface area is 458 Å². The molecule has 0 bridgehead atoms. The molecule has 0 saturated carbocycles. The summed E-state index contributed by atoms with van der Waals surface area (Å²) in [5.74, 6) is -4.90. The average molecular weight is 947 g/mol. The molecular formula is C65H75N3O. The molecule has 0 radical (unpaired) electrons. The maximum absolute atomic E-state index is 13.2. The number of rotatable bonds is 8. The largest absolute Gasteiger partial charge is 0.507 e. The number of hydrogen-bond donors (Lipinski definition) is 1. The van der Waals surface area contributed by atoms with E-state index in [2.05, 4.69) is 4.98 Å². The summed E-state index contributed by atoms with van der Waals surface area (Å²) in [6.07, 6.45) is 1.44. The summed E-state index contributed by atoms with van der Waals surface area (Å²) in [7, 11) is 0. The van der Waals surface area contributed by atoms with E-state index in [-0.39, 0.29) is 39.6 Å². The fourth-order valence-corrected chi connectivity index (χ4v) is 8.39.